The van der Waals surface area contributed by atoms with Crippen LogP contribution in [0.4, 0.5) is 8.78 Å². The molecule has 330 valence electrons. The molecule has 14 heteroatoms. The van der Waals surface area contributed by atoms with Crippen LogP contribution in [0.3, 0.4) is 0 Å². The fourth-order valence-electron chi connectivity index (χ4n) is 8.00. The third-order valence-corrected chi connectivity index (χ3v) is 11.8. The highest BCUT2D eigenvalue weighted by molar-refractivity contribution is 6.02. The minimum Gasteiger partial charge on any atom is -0.449 e. The summed E-state index contributed by atoms with van der Waals surface area (Å²) in [6.45, 7) is 20.9. The van der Waals surface area contributed by atoms with Crippen molar-refractivity contribution in [2.75, 3.05) is 33.2 Å². The molecular weight excluding hydrogens is 807 g/mol. The number of amides is 4. The first-order chi connectivity index (χ1) is 29.4. The van der Waals surface area contributed by atoms with Gasteiger partial charge in [0.15, 0.2) is 22.7 Å². The van der Waals surface area contributed by atoms with E-state index in [1.165, 1.54) is 29.2 Å². The zero-order chi connectivity index (χ0) is 46.0. The van der Waals surface area contributed by atoms with Gasteiger partial charge in [0.05, 0.1) is 11.4 Å². The average Bonchev–Trinajstić information content (AvgIpc) is 3.85. The smallest absolute Gasteiger partial charge is 0.290 e. The molecule has 2 aliphatic heterocycles. The molecule has 4 amide bonds. The van der Waals surface area contributed by atoms with Gasteiger partial charge < -0.3 is 28.9 Å². The van der Waals surface area contributed by atoms with Crippen molar-refractivity contribution in [3.63, 3.8) is 0 Å². The quantitative estimate of drug-likeness (QED) is 0.185. The Balaban J connectivity index is 0.000000189. The molecule has 1 N–H and O–H groups in total. The lowest BCUT2D eigenvalue weighted by molar-refractivity contribution is -0.144. The molecular formula is C49H54F2N6O6. The first-order valence-corrected chi connectivity index (χ1v) is 21.0. The fourth-order valence-corrected chi connectivity index (χ4v) is 8.00. The SMILES string of the molecule is CC(C)(C)c1cc(-c2ccc(F)cc2)nc2cc(C(=O)N3CCNC(=O)C3(C)C)oc12.CN1CCN(C(=O)c2cc3nc(-c4ccc(F)cc4)cc(C(C)(C)C)c3o2)C(C)(C)C1=O. The Morgan fingerprint density at radius 2 is 1.05 bits per heavy atom. The zero-order valence-electron chi connectivity index (χ0n) is 37.7. The van der Waals surface area contributed by atoms with Gasteiger partial charge in [0.25, 0.3) is 11.8 Å². The van der Waals surface area contributed by atoms with Gasteiger partial charge in [0.1, 0.15) is 33.7 Å². The van der Waals surface area contributed by atoms with Crippen LogP contribution in [0.25, 0.3) is 44.7 Å². The number of hydrogen-bond acceptors (Lipinski definition) is 8. The molecule has 2 saturated heterocycles. The number of halogens is 2. The van der Waals surface area contributed by atoms with E-state index in [-0.39, 0.29) is 57.6 Å². The van der Waals surface area contributed by atoms with Crippen LogP contribution in [0.5, 0.6) is 0 Å². The van der Waals surface area contributed by atoms with E-state index in [1.54, 1.807) is 80.9 Å². The van der Waals surface area contributed by atoms with Crippen LogP contribution in [-0.2, 0) is 20.4 Å². The maximum Gasteiger partial charge on any atom is 0.290 e. The van der Waals surface area contributed by atoms with Crippen molar-refractivity contribution < 1.29 is 36.8 Å². The van der Waals surface area contributed by atoms with E-state index in [4.69, 9.17) is 13.8 Å². The summed E-state index contributed by atoms with van der Waals surface area (Å²) in [7, 11) is 1.74. The largest absolute Gasteiger partial charge is 0.449 e. The zero-order valence-corrected chi connectivity index (χ0v) is 37.7. The van der Waals surface area contributed by atoms with Gasteiger partial charge in [-0.05, 0) is 99.2 Å². The minimum absolute atomic E-state index is 0.111. The predicted molar refractivity (Wildman–Crippen MR) is 237 cm³/mol. The molecule has 0 aliphatic carbocycles. The fraction of sp³-hybridized carbons (Fsp3) is 0.388. The minimum atomic E-state index is -0.978. The number of nitrogens with zero attached hydrogens (tertiary/aromatic N) is 5. The van der Waals surface area contributed by atoms with Crippen molar-refractivity contribution in [3.8, 4) is 22.5 Å². The number of pyridine rings is 2. The summed E-state index contributed by atoms with van der Waals surface area (Å²) in [5, 5.41) is 2.79. The molecule has 2 fully saturated rings. The summed E-state index contributed by atoms with van der Waals surface area (Å²) in [6, 6.07) is 19.4. The van der Waals surface area contributed by atoms with Gasteiger partial charge in [0, 0.05) is 67.6 Å². The number of rotatable bonds is 4. The summed E-state index contributed by atoms with van der Waals surface area (Å²) < 4.78 is 38.9. The number of nitrogens with one attached hydrogen (secondary N) is 1. The summed E-state index contributed by atoms with van der Waals surface area (Å²) in [5.41, 5.74) is 4.38. The van der Waals surface area contributed by atoms with Gasteiger partial charge in [-0.2, -0.15) is 0 Å². The molecule has 2 aromatic carbocycles. The van der Waals surface area contributed by atoms with E-state index in [0.717, 1.165) is 22.3 Å². The molecule has 0 spiro atoms. The second kappa shape index (κ2) is 16.0. The molecule has 6 aromatic rings. The van der Waals surface area contributed by atoms with Crippen molar-refractivity contribution in [1.29, 1.82) is 0 Å². The van der Waals surface area contributed by atoms with Gasteiger partial charge in [0.2, 0.25) is 11.8 Å². The Hall–Kier alpha value is -6.44. The molecule has 0 unspecified atom stereocenters. The van der Waals surface area contributed by atoms with Crippen LogP contribution in [-0.4, -0.2) is 92.6 Å². The summed E-state index contributed by atoms with van der Waals surface area (Å²) in [5.74, 6) is -1.32. The van der Waals surface area contributed by atoms with Crippen molar-refractivity contribution >= 4 is 45.8 Å². The van der Waals surface area contributed by atoms with Gasteiger partial charge in [-0.15, -0.1) is 0 Å². The van der Waals surface area contributed by atoms with E-state index in [0.29, 0.717) is 59.8 Å². The number of furan rings is 2. The maximum atomic E-state index is 13.4. The van der Waals surface area contributed by atoms with Crippen LogP contribution >= 0.6 is 0 Å². The van der Waals surface area contributed by atoms with Crippen molar-refractivity contribution in [2.24, 2.45) is 0 Å². The molecule has 2 aliphatic rings. The molecule has 0 radical (unpaired) electrons. The third-order valence-electron chi connectivity index (χ3n) is 11.8. The summed E-state index contributed by atoms with van der Waals surface area (Å²) >= 11 is 0. The topological polar surface area (TPSA) is 142 Å². The Morgan fingerprint density at radius 1 is 0.635 bits per heavy atom. The number of carbonyl (C=O) groups is 4. The second-order valence-corrected chi connectivity index (χ2v) is 19.3. The molecule has 4 aromatic heterocycles. The Kier molecular flexibility index (Phi) is 11.4. The van der Waals surface area contributed by atoms with Crippen LogP contribution < -0.4 is 5.32 Å². The number of aromatic nitrogens is 2. The van der Waals surface area contributed by atoms with Crippen LogP contribution in [0.1, 0.15) is 101 Å². The predicted octanol–water partition coefficient (Wildman–Crippen LogP) is 8.91. The maximum absolute atomic E-state index is 13.4. The Bertz CT molecular complexity index is 2760. The van der Waals surface area contributed by atoms with E-state index in [1.807, 2.05) is 12.1 Å². The number of piperazine rings is 2. The van der Waals surface area contributed by atoms with Gasteiger partial charge >= 0.3 is 0 Å². The van der Waals surface area contributed by atoms with Crippen molar-refractivity contribution in [1.82, 2.24) is 30.0 Å². The average molecular weight is 861 g/mol. The molecule has 0 atom stereocenters. The van der Waals surface area contributed by atoms with Crippen molar-refractivity contribution in [3.05, 3.63) is 107 Å². The number of hydrogen-bond donors (Lipinski definition) is 1. The van der Waals surface area contributed by atoms with Gasteiger partial charge in [-0.3, -0.25) is 19.2 Å². The van der Waals surface area contributed by atoms with E-state index in [9.17, 15) is 28.0 Å². The van der Waals surface area contributed by atoms with Gasteiger partial charge in [-0.25, -0.2) is 18.7 Å². The molecule has 6 heterocycles. The standard InChI is InChI=1S/C25H28FN3O3.C24H26FN3O3/c1-24(2,3)17-13-18(15-7-9-16(26)10-8-15)27-19-14-20(32-21(17)19)22(30)29-12-11-28(6)23(31)25(29,4)5;1-23(2,3)16-12-17(14-6-8-15(25)9-7-14)27-18-13-19(31-20(16)18)21(29)28-11-10-26-22(30)24(28,4)5/h7-10,13-14H,11-12H2,1-6H3;6-9,12-13H,10-11H2,1-5H3,(H,26,30). The lowest BCUT2D eigenvalue weighted by atomic mass is 9.86. The number of fused-ring (bicyclic) bond motifs is 2. The van der Waals surface area contributed by atoms with E-state index < -0.39 is 11.1 Å². The van der Waals surface area contributed by atoms with E-state index in [2.05, 4.69) is 51.8 Å². The molecule has 8 rings (SSSR count). The van der Waals surface area contributed by atoms with Crippen molar-refractivity contribution in [2.45, 2.75) is 91.1 Å². The Morgan fingerprint density at radius 3 is 1.46 bits per heavy atom. The monoisotopic (exact) mass is 860 g/mol. The highest BCUT2D eigenvalue weighted by Crippen LogP contribution is 2.37. The molecule has 12 nitrogen and oxygen atoms in total. The Labute approximate surface area is 365 Å². The highest BCUT2D eigenvalue weighted by Gasteiger charge is 2.45. The number of likely N-dealkylation sites (N-methyl/N-ethyl adjacent to an activating group) is 1. The lowest BCUT2D eigenvalue weighted by Gasteiger charge is -2.44. The normalized spacial score (nSPS) is 16.6. The number of carbonyl (C=O) groups excluding carboxylic acids is 4. The number of benzene rings is 2. The first kappa shape index (κ1) is 44.6. The van der Waals surface area contributed by atoms with Crippen LogP contribution in [0.2, 0.25) is 0 Å². The third kappa shape index (κ3) is 8.55. The summed E-state index contributed by atoms with van der Waals surface area (Å²) in [4.78, 5) is 65.7. The first-order valence-electron chi connectivity index (χ1n) is 21.0. The van der Waals surface area contributed by atoms with Crippen LogP contribution in [0.15, 0.2) is 81.6 Å². The van der Waals surface area contributed by atoms with Crippen LogP contribution in [0, 0.1) is 11.6 Å². The highest BCUT2D eigenvalue weighted by atomic mass is 19.1. The van der Waals surface area contributed by atoms with E-state index >= 15 is 0 Å². The second-order valence-electron chi connectivity index (χ2n) is 19.3. The molecule has 0 bridgehead atoms. The summed E-state index contributed by atoms with van der Waals surface area (Å²) in [6.07, 6.45) is 0. The molecule has 63 heavy (non-hydrogen) atoms. The lowest BCUT2D eigenvalue weighted by Crippen LogP contribution is -2.63. The van der Waals surface area contributed by atoms with Gasteiger partial charge in [-0.1, -0.05) is 41.5 Å². The molecule has 0 saturated carbocycles.